The first kappa shape index (κ1) is 24.1. The zero-order valence-electron chi connectivity index (χ0n) is 16.1. The van der Waals surface area contributed by atoms with E-state index in [2.05, 4.69) is 15.0 Å². The van der Waals surface area contributed by atoms with Crippen LogP contribution in [0.5, 0.6) is 0 Å². The molecule has 0 aliphatic rings. The number of benzene rings is 1. The van der Waals surface area contributed by atoms with Crippen molar-refractivity contribution in [1.29, 1.82) is 0 Å². The van der Waals surface area contributed by atoms with E-state index >= 15 is 0 Å². The molecule has 1 aromatic heterocycles. The summed E-state index contributed by atoms with van der Waals surface area (Å²) in [6.45, 7) is 1.85. The molecule has 0 aliphatic heterocycles. The Hall–Kier alpha value is -2.15. The molecule has 0 saturated heterocycles. The Morgan fingerprint density at radius 2 is 1.90 bits per heavy atom. The summed E-state index contributed by atoms with van der Waals surface area (Å²) in [4.78, 5) is 16.3. The van der Waals surface area contributed by atoms with E-state index in [1.165, 1.54) is 49.7 Å². The van der Waals surface area contributed by atoms with E-state index in [4.69, 9.17) is 4.74 Å². The van der Waals surface area contributed by atoms with E-state index in [9.17, 15) is 26.4 Å². The van der Waals surface area contributed by atoms with E-state index < -0.39 is 33.9 Å². The number of carbonyl (C=O) groups is 1. The second-order valence-corrected chi connectivity index (χ2v) is 8.89. The quantitative estimate of drug-likeness (QED) is 0.554. The van der Waals surface area contributed by atoms with Crippen molar-refractivity contribution < 1.29 is 31.1 Å². The van der Waals surface area contributed by atoms with Gasteiger partial charge in [0.2, 0.25) is 10.0 Å². The van der Waals surface area contributed by atoms with Crippen molar-refractivity contribution in [1.82, 2.24) is 9.71 Å². The average Bonchev–Trinajstić information content (AvgIpc) is 2.66. The van der Waals surface area contributed by atoms with Gasteiger partial charge in [-0.05, 0) is 43.3 Å². The average molecular weight is 464 g/mol. The van der Waals surface area contributed by atoms with Gasteiger partial charge in [0, 0.05) is 25.0 Å². The molecule has 164 valence electrons. The number of aromatic nitrogens is 1. The summed E-state index contributed by atoms with van der Waals surface area (Å²) < 4.78 is 69.4. The molecule has 0 fully saturated rings. The van der Waals surface area contributed by atoms with E-state index in [0.717, 1.165) is 0 Å². The minimum atomic E-state index is -4.40. The molecule has 1 atom stereocenters. The van der Waals surface area contributed by atoms with Crippen molar-refractivity contribution in [3.8, 4) is 0 Å². The number of sulfonamides is 1. The second-order valence-electron chi connectivity index (χ2n) is 6.22. The van der Waals surface area contributed by atoms with Gasteiger partial charge in [0.05, 0.1) is 22.8 Å². The first-order valence-electron chi connectivity index (χ1n) is 8.59. The van der Waals surface area contributed by atoms with E-state index in [1.54, 1.807) is 6.92 Å². The maximum Gasteiger partial charge on any atom is 0.398 e. The fourth-order valence-corrected chi connectivity index (χ4v) is 4.34. The Labute approximate surface area is 176 Å². The summed E-state index contributed by atoms with van der Waals surface area (Å²) in [5.41, 5.74) is 0.262. The maximum atomic E-state index is 12.5. The molecular weight excluding hydrogens is 443 g/mol. The van der Waals surface area contributed by atoms with Crippen molar-refractivity contribution in [2.75, 3.05) is 24.8 Å². The molecule has 2 rings (SSSR count). The number of rotatable bonds is 9. The summed E-state index contributed by atoms with van der Waals surface area (Å²) in [5, 5.41) is 2.47. The third kappa shape index (κ3) is 7.27. The van der Waals surface area contributed by atoms with Gasteiger partial charge >= 0.3 is 6.18 Å². The molecule has 1 unspecified atom stereocenters. The lowest BCUT2D eigenvalue weighted by atomic mass is 10.2. The van der Waals surface area contributed by atoms with Crippen molar-refractivity contribution in [3.63, 3.8) is 0 Å². The fourth-order valence-electron chi connectivity index (χ4n) is 2.36. The van der Waals surface area contributed by atoms with Crippen LogP contribution in [0.2, 0.25) is 0 Å². The predicted molar refractivity (Wildman–Crippen MR) is 107 cm³/mol. The highest BCUT2D eigenvalue weighted by atomic mass is 32.2. The summed E-state index contributed by atoms with van der Waals surface area (Å²) in [6.07, 6.45) is -3.10. The standard InChI is InChI=1S/C18H20F3N3O4S2/c1-12(10-28-2)24-30(26,27)14-7-5-13(6-8-14)23-16(25)15-4-3-9-22-17(15)29-11-18(19,20)21/h3-9,12,24H,10-11H2,1-2H3,(H,23,25). The van der Waals surface area contributed by atoms with Crippen molar-refractivity contribution >= 4 is 33.4 Å². The fraction of sp³-hybridized carbons (Fsp3) is 0.333. The first-order chi connectivity index (χ1) is 14.0. The number of nitrogens with one attached hydrogen (secondary N) is 2. The Kier molecular flexibility index (Phi) is 8.24. The van der Waals surface area contributed by atoms with Crippen molar-refractivity contribution in [3.05, 3.63) is 48.2 Å². The van der Waals surface area contributed by atoms with Crippen LogP contribution in [-0.4, -0.2) is 51.0 Å². The molecule has 0 spiro atoms. The third-order valence-corrected chi connectivity index (χ3v) is 6.26. The highest BCUT2D eigenvalue weighted by Crippen LogP contribution is 2.28. The smallest absolute Gasteiger partial charge is 0.383 e. The number of thioether (sulfide) groups is 1. The number of alkyl halides is 3. The van der Waals surface area contributed by atoms with E-state index in [1.807, 2.05) is 0 Å². The molecular formula is C18H20F3N3O4S2. The Morgan fingerprint density at radius 3 is 2.50 bits per heavy atom. The summed E-state index contributed by atoms with van der Waals surface area (Å²) in [7, 11) is -2.31. The predicted octanol–water partition coefficient (Wildman–Crippen LogP) is 3.30. The molecule has 0 aliphatic carbocycles. The van der Waals surface area contributed by atoms with Gasteiger partial charge in [-0.25, -0.2) is 18.1 Å². The van der Waals surface area contributed by atoms with Crippen LogP contribution in [0.4, 0.5) is 18.9 Å². The minimum Gasteiger partial charge on any atom is -0.383 e. The molecule has 30 heavy (non-hydrogen) atoms. The topological polar surface area (TPSA) is 97.4 Å². The van der Waals surface area contributed by atoms with Gasteiger partial charge in [0.15, 0.2) is 0 Å². The Balaban J connectivity index is 2.10. The molecule has 2 N–H and O–H groups in total. The van der Waals surface area contributed by atoms with E-state index in [0.29, 0.717) is 11.8 Å². The monoisotopic (exact) mass is 463 g/mol. The van der Waals surface area contributed by atoms with Gasteiger partial charge in [-0.3, -0.25) is 4.79 Å². The largest absolute Gasteiger partial charge is 0.398 e. The number of halogens is 3. The lowest BCUT2D eigenvalue weighted by molar-refractivity contribution is -0.105. The molecule has 0 radical (unpaired) electrons. The maximum absolute atomic E-state index is 12.5. The van der Waals surface area contributed by atoms with Crippen LogP contribution >= 0.6 is 11.8 Å². The number of anilines is 1. The SMILES string of the molecule is COCC(C)NS(=O)(=O)c1ccc(NC(=O)c2cccnc2SCC(F)(F)F)cc1. The molecule has 12 heteroatoms. The van der Waals surface area contributed by atoms with Crippen molar-refractivity contribution in [2.24, 2.45) is 0 Å². The number of hydrogen-bond acceptors (Lipinski definition) is 6. The van der Waals surface area contributed by atoms with Crippen LogP contribution in [0.3, 0.4) is 0 Å². The van der Waals surface area contributed by atoms with Crippen molar-refractivity contribution in [2.45, 2.75) is 29.1 Å². The molecule has 1 heterocycles. The lowest BCUT2D eigenvalue weighted by Gasteiger charge is -2.14. The van der Waals surface area contributed by atoms with Gasteiger partial charge in [-0.2, -0.15) is 13.2 Å². The normalized spacial score (nSPS) is 13.1. The zero-order valence-corrected chi connectivity index (χ0v) is 17.7. The summed E-state index contributed by atoms with van der Waals surface area (Å²) in [5.74, 6) is -1.83. The van der Waals surface area contributed by atoms with E-state index in [-0.39, 0.29) is 27.8 Å². The third-order valence-electron chi connectivity index (χ3n) is 3.58. The van der Waals surface area contributed by atoms with Gasteiger partial charge in [-0.15, -0.1) is 0 Å². The number of carbonyl (C=O) groups excluding carboxylic acids is 1. The van der Waals surface area contributed by atoms with Gasteiger partial charge < -0.3 is 10.1 Å². The highest BCUT2D eigenvalue weighted by molar-refractivity contribution is 7.99. The summed E-state index contributed by atoms with van der Waals surface area (Å²) in [6, 6.07) is 7.74. The molecule has 1 aromatic carbocycles. The first-order valence-corrected chi connectivity index (χ1v) is 11.1. The Morgan fingerprint density at radius 1 is 1.23 bits per heavy atom. The lowest BCUT2D eigenvalue weighted by Crippen LogP contribution is -2.35. The second kappa shape index (κ2) is 10.2. The van der Waals surface area contributed by atoms with Crippen LogP contribution in [0.1, 0.15) is 17.3 Å². The van der Waals surface area contributed by atoms with Gasteiger partial charge in [0.25, 0.3) is 5.91 Å². The van der Waals surface area contributed by atoms with Crippen LogP contribution in [0.25, 0.3) is 0 Å². The number of amides is 1. The molecule has 0 saturated carbocycles. The van der Waals surface area contributed by atoms with Gasteiger partial charge in [-0.1, -0.05) is 11.8 Å². The zero-order chi connectivity index (χ0) is 22.4. The van der Waals surface area contributed by atoms with Crippen LogP contribution in [0.15, 0.2) is 52.5 Å². The number of ether oxygens (including phenoxy) is 1. The minimum absolute atomic E-state index is 0.00810. The number of pyridine rings is 1. The number of nitrogens with zero attached hydrogens (tertiary/aromatic N) is 1. The van der Waals surface area contributed by atoms with Crippen LogP contribution in [0, 0.1) is 0 Å². The molecule has 7 nitrogen and oxygen atoms in total. The number of hydrogen-bond donors (Lipinski definition) is 2. The van der Waals surface area contributed by atoms with Crippen LogP contribution < -0.4 is 10.0 Å². The summed E-state index contributed by atoms with van der Waals surface area (Å²) >= 11 is 0.414. The van der Waals surface area contributed by atoms with Gasteiger partial charge in [0.1, 0.15) is 5.03 Å². The molecule has 1 amide bonds. The molecule has 0 bridgehead atoms. The highest BCUT2D eigenvalue weighted by Gasteiger charge is 2.28. The Bertz CT molecular complexity index is 967. The number of methoxy groups -OCH3 is 1. The molecule has 2 aromatic rings. The van der Waals surface area contributed by atoms with Crippen LogP contribution in [-0.2, 0) is 14.8 Å².